The molecule has 1 aliphatic rings. The third kappa shape index (κ3) is 3.61. The van der Waals surface area contributed by atoms with Gasteiger partial charge < -0.3 is 14.5 Å². The van der Waals surface area contributed by atoms with E-state index in [2.05, 4.69) is 35.1 Å². The Morgan fingerprint density at radius 2 is 2.12 bits per heavy atom. The number of hydrogen-bond donors (Lipinski definition) is 0. The van der Waals surface area contributed by atoms with E-state index in [0.717, 1.165) is 29.6 Å². The lowest BCUT2D eigenvalue weighted by Crippen LogP contribution is -2.39. The van der Waals surface area contributed by atoms with Crippen molar-refractivity contribution in [3.05, 3.63) is 36.5 Å². The minimum atomic E-state index is -0.452. The van der Waals surface area contributed by atoms with Gasteiger partial charge in [-0.1, -0.05) is 6.07 Å². The van der Waals surface area contributed by atoms with Crippen molar-refractivity contribution in [2.45, 2.75) is 38.8 Å². The maximum atomic E-state index is 12.2. The summed E-state index contributed by atoms with van der Waals surface area (Å²) in [6.45, 7) is 7.12. The molecule has 0 spiro atoms. The Morgan fingerprint density at radius 1 is 1.33 bits per heavy atom. The Labute approximate surface area is 143 Å². The van der Waals surface area contributed by atoms with E-state index in [9.17, 15) is 4.79 Å². The molecule has 1 aromatic heterocycles. The van der Waals surface area contributed by atoms with Gasteiger partial charge in [0.2, 0.25) is 0 Å². The van der Waals surface area contributed by atoms with Crippen LogP contribution in [0.5, 0.6) is 0 Å². The van der Waals surface area contributed by atoms with Gasteiger partial charge in [0, 0.05) is 43.4 Å². The molecule has 24 heavy (non-hydrogen) atoms. The molecule has 0 saturated carbocycles. The molecule has 1 saturated heterocycles. The summed E-state index contributed by atoms with van der Waals surface area (Å²) in [4.78, 5) is 20.6. The highest BCUT2D eigenvalue weighted by Gasteiger charge is 2.31. The SMILES string of the molecule is CN(c1ccc2ncccc2c1)C1CCN(C(=O)OC(C)(C)C)C1. The minimum absolute atomic E-state index is 0.221. The highest BCUT2D eigenvalue weighted by molar-refractivity contribution is 5.82. The molecule has 0 N–H and O–H groups in total. The van der Waals surface area contributed by atoms with Crippen molar-refractivity contribution < 1.29 is 9.53 Å². The summed E-state index contributed by atoms with van der Waals surface area (Å²) >= 11 is 0. The van der Waals surface area contributed by atoms with Gasteiger partial charge in [-0.05, 0) is 51.5 Å². The van der Waals surface area contributed by atoms with Crippen LogP contribution in [-0.2, 0) is 4.74 Å². The predicted octanol–water partition coefficient (Wildman–Crippen LogP) is 3.68. The van der Waals surface area contributed by atoms with Crippen LogP contribution in [0.3, 0.4) is 0 Å². The molecule has 2 heterocycles. The molecule has 1 amide bonds. The van der Waals surface area contributed by atoms with Crippen molar-refractivity contribution in [1.82, 2.24) is 9.88 Å². The van der Waals surface area contributed by atoms with Gasteiger partial charge in [0.25, 0.3) is 0 Å². The van der Waals surface area contributed by atoms with Gasteiger partial charge in [0.05, 0.1) is 5.52 Å². The summed E-state index contributed by atoms with van der Waals surface area (Å²) in [6.07, 6.45) is 2.53. The molecule has 2 aromatic rings. The normalized spacial score (nSPS) is 18.0. The monoisotopic (exact) mass is 327 g/mol. The van der Waals surface area contributed by atoms with Crippen LogP contribution in [0.1, 0.15) is 27.2 Å². The second kappa shape index (κ2) is 6.30. The van der Waals surface area contributed by atoms with Gasteiger partial charge in [-0.2, -0.15) is 0 Å². The molecule has 0 bridgehead atoms. The van der Waals surface area contributed by atoms with Crippen LogP contribution in [0, 0.1) is 0 Å². The van der Waals surface area contributed by atoms with Crippen LogP contribution in [0.25, 0.3) is 10.9 Å². The van der Waals surface area contributed by atoms with Crippen molar-refractivity contribution in [3.8, 4) is 0 Å². The molecule has 1 fully saturated rings. The smallest absolute Gasteiger partial charge is 0.410 e. The Bertz CT molecular complexity index is 739. The maximum Gasteiger partial charge on any atom is 0.410 e. The van der Waals surface area contributed by atoms with Gasteiger partial charge in [-0.25, -0.2) is 4.79 Å². The molecule has 1 unspecified atom stereocenters. The Morgan fingerprint density at radius 3 is 2.88 bits per heavy atom. The first-order valence-corrected chi connectivity index (χ1v) is 8.39. The van der Waals surface area contributed by atoms with E-state index in [1.165, 1.54) is 0 Å². The number of nitrogens with zero attached hydrogens (tertiary/aromatic N) is 3. The van der Waals surface area contributed by atoms with Crippen LogP contribution in [-0.4, -0.2) is 47.8 Å². The van der Waals surface area contributed by atoms with E-state index < -0.39 is 5.60 Å². The van der Waals surface area contributed by atoms with Crippen molar-refractivity contribution in [1.29, 1.82) is 0 Å². The predicted molar refractivity (Wildman–Crippen MR) is 96.4 cm³/mol. The standard InChI is InChI=1S/C19H25N3O2/c1-19(2,3)24-18(23)22-11-9-16(13-22)21(4)15-7-8-17-14(12-15)6-5-10-20-17/h5-8,10,12,16H,9,11,13H2,1-4H3. The van der Waals surface area contributed by atoms with Crippen molar-refractivity contribution in [3.63, 3.8) is 0 Å². The molecule has 0 radical (unpaired) electrons. The molecular weight excluding hydrogens is 302 g/mol. The van der Waals surface area contributed by atoms with E-state index in [-0.39, 0.29) is 6.09 Å². The number of carbonyl (C=O) groups excluding carboxylic acids is 1. The second-order valence-corrected chi connectivity index (χ2v) is 7.36. The number of carbonyl (C=O) groups is 1. The number of fused-ring (bicyclic) bond motifs is 1. The summed E-state index contributed by atoms with van der Waals surface area (Å²) in [5.41, 5.74) is 1.69. The summed E-state index contributed by atoms with van der Waals surface area (Å²) in [7, 11) is 2.08. The molecular formula is C19H25N3O2. The lowest BCUT2D eigenvalue weighted by atomic mass is 10.1. The number of anilines is 1. The summed E-state index contributed by atoms with van der Waals surface area (Å²) in [5.74, 6) is 0. The highest BCUT2D eigenvalue weighted by atomic mass is 16.6. The zero-order chi connectivity index (χ0) is 17.3. The fraction of sp³-hybridized carbons (Fsp3) is 0.474. The fourth-order valence-electron chi connectivity index (χ4n) is 3.04. The van der Waals surface area contributed by atoms with E-state index >= 15 is 0 Å². The number of aromatic nitrogens is 1. The van der Waals surface area contributed by atoms with E-state index in [1.54, 1.807) is 11.1 Å². The van der Waals surface area contributed by atoms with E-state index in [1.807, 2.05) is 32.9 Å². The summed E-state index contributed by atoms with van der Waals surface area (Å²) < 4.78 is 5.47. The molecule has 128 valence electrons. The number of rotatable bonds is 2. The van der Waals surface area contributed by atoms with Crippen molar-refractivity contribution in [2.75, 3.05) is 25.0 Å². The van der Waals surface area contributed by atoms with Crippen LogP contribution >= 0.6 is 0 Å². The molecule has 5 heteroatoms. The largest absolute Gasteiger partial charge is 0.444 e. The fourth-order valence-corrected chi connectivity index (χ4v) is 3.04. The number of pyridine rings is 1. The third-order valence-corrected chi connectivity index (χ3v) is 4.36. The zero-order valence-corrected chi connectivity index (χ0v) is 14.8. The third-order valence-electron chi connectivity index (χ3n) is 4.36. The Hall–Kier alpha value is -2.30. The van der Waals surface area contributed by atoms with Crippen LogP contribution in [0.2, 0.25) is 0 Å². The van der Waals surface area contributed by atoms with Crippen LogP contribution < -0.4 is 4.90 Å². The minimum Gasteiger partial charge on any atom is -0.444 e. The number of hydrogen-bond acceptors (Lipinski definition) is 4. The van der Waals surface area contributed by atoms with Crippen molar-refractivity contribution >= 4 is 22.7 Å². The molecule has 5 nitrogen and oxygen atoms in total. The van der Waals surface area contributed by atoms with E-state index in [4.69, 9.17) is 4.74 Å². The summed E-state index contributed by atoms with van der Waals surface area (Å²) in [6, 6.07) is 10.6. The van der Waals surface area contributed by atoms with Crippen LogP contribution in [0.15, 0.2) is 36.5 Å². The topological polar surface area (TPSA) is 45.7 Å². The zero-order valence-electron chi connectivity index (χ0n) is 14.8. The number of likely N-dealkylation sites (tertiary alicyclic amines) is 1. The summed E-state index contributed by atoms with van der Waals surface area (Å²) in [5, 5.41) is 1.13. The first kappa shape index (κ1) is 16.6. The molecule has 3 rings (SSSR count). The Balaban J connectivity index is 1.69. The maximum absolute atomic E-state index is 12.2. The average Bonchev–Trinajstić information content (AvgIpc) is 3.02. The molecule has 1 aromatic carbocycles. The quantitative estimate of drug-likeness (QED) is 0.844. The highest BCUT2D eigenvalue weighted by Crippen LogP contribution is 2.25. The molecule has 1 aliphatic heterocycles. The second-order valence-electron chi connectivity index (χ2n) is 7.36. The van der Waals surface area contributed by atoms with Gasteiger partial charge in [-0.15, -0.1) is 0 Å². The van der Waals surface area contributed by atoms with Gasteiger partial charge >= 0.3 is 6.09 Å². The first-order valence-electron chi connectivity index (χ1n) is 8.39. The van der Waals surface area contributed by atoms with Gasteiger partial charge in [0.1, 0.15) is 5.60 Å². The Kier molecular flexibility index (Phi) is 4.35. The number of ether oxygens (including phenoxy) is 1. The average molecular weight is 327 g/mol. The molecule has 0 aliphatic carbocycles. The number of benzene rings is 1. The van der Waals surface area contributed by atoms with E-state index in [0.29, 0.717) is 12.6 Å². The number of likely N-dealkylation sites (N-methyl/N-ethyl adjacent to an activating group) is 1. The van der Waals surface area contributed by atoms with Crippen molar-refractivity contribution in [2.24, 2.45) is 0 Å². The lowest BCUT2D eigenvalue weighted by Gasteiger charge is -2.28. The first-order chi connectivity index (χ1) is 11.3. The number of amides is 1. The molecule has 1 atom stereocenters. The van der Waals surface area contributed by atoms with Gasteiger partial charge in [0.15, 0.2) is 0 Å². The lowest BCUT2D eigenvalue weighted by molar-refractivity contribution is 0.0292. The van der Waals surface area contributed by atoms with Crippen LogP contribution in [0.4, 0.5) is 10.5 Å². The van der Waals surface area contributed by atoms with Gasteiger partial charge in [-0.3, -0.25) is 4.98 Å².